The zero-order valence-corrected chi connectivity index (χ0v) is 17.3. The second-order valence-electron chi connectivity index (χ2n) is 6.17. The van der Waals surface area contributed by atoms with E-state index < -0.39 is 63.1 Å². The van der Waals surface area contributed by atoms with Crippen molar-refractivity contribution in [2.24, 2.45) is 5.73 Å². The fourth-order valence-corrected chi connectivity index (χ4v) is 2.90. The van der Waals surface area contributed by atoms with Crippen molar-refractivity contribution >= 4 is 31.6 Å². The van der Waals surface area contributed by atoms with Crippen LogP contribution in [0.15, 0.2) is 24.3 Å². The molecule has 1 aromatic carbocycles. The fourth-order valence-electron chi connectivity index (χ4n) is 2.10. The van der Waals surface area contributed by atoms with Crippen molar-refractivity contribution in [2.45, 2.75) is 31.5 Å². The van der Waals surface area contributed by atoms with E-state index in [1.54, 1.807) is 17.2 Å². The van der Waals surface area contributed by atoms with Gasteiger partial charge in [-0.25, -0.2) is 19.3 Å². The maximum absolute atomic E-state index is 12.1. The molecular weight excluding hydrogens is 457 g/mol. The monoisotopic (exact) mass is 479 g/mol. The zero-order valence-electron chi connectivity index (χ0n) is 16.4. The van der Waals surface area contributed by atoms with Crippen LogP contribution in [-0.4, -0.2) is 62.7 Å². The van der Waals surface area contributed by atoms with E-state index >= 15 is 0 Å². The minimum Gasteiger partial charge on any atom is -0.481 e. The molecule has 3 atom stereocenters. The first-order chi connectivity index (χ1) is 14.9. The molecule has 15 nitrogen and oxygen atoms in total. The molecule has 8 N–H and O–H groups in total. The second-order valence-corrected chi connectivity index (χ2v) is 7.61. The molecular formula is C16H22N3O12P. The molecule has 0 aliphatic heterocycles. The Balaban J connectivity index is 2.55. The first-order valence-corrected chi connectivity index (χ1v) is 10.4. The number of hydrogen-bond donors (Lipinski definition) is 7. The summed E-state index contributed by atoms with van der Waals surface area (Å²) in [6.45, 7) is -0.607. The van der Waals surface area contributed by atoms with E-state index in [-0.39, 0.29) is 12.1 Å². The van der Waals surface area contributed by atoms with E-state index in [2.05, 4.69) is 19.9 Å². The first-order valence-electron chi connectivity index (χ1n) is 8.81. The molecule has 32 heavy (non-hydrogen) atoms. The summed E-state index contributed by atoms with van der Waals surface area (Å²) in [5.41, 5.74) is 6.33. The highest BCUT2D eigenvalue weighted by Gasteiger charge is 2.31. The van der Waals surface area contributed by atoms with Crippen LogP contribution in [0.3, 0.4) is 0 Å². The third-order valence-electron chi connectivity index (χ3n) is 3.73. The van der Waals surface area contributed by atoms with Crippen molar-refractivity contribution < 1.29 is 58.6 Å². The van der Waals surface area contributed by atoms with Crippen LogP contribution in [0.4, 0.5) is 0 Å². The Morgan fingerprint density at radius 1 is 1.03 bits per heavy atom. The number of carbonyl (C=O) groups excluding carboxylic acids is 1. The van der Waals surface area contributed by atoms with Gasteiger partial charge in [-0.2, -0.15) is 0 Å². The van der Waals surface area contributed by atoms with Gasteiger partial charge in [0.05, 0.1) is 0 Å². The van der Waals surface area contributed by atoms with Crippen LogP contribution in [0.1, 0.15) is 28.8 Å². The van der Waals surface area contributed by atoms with E-state index in [9.17, 15) is 28.6 Å². The van der Waals surface area contributed by atoms with Gasteiger partial charge in [-0.05, 0) is 24.1 Å². The quantitative estimate of drug-likeness (QED) is 0.0706. The highest BCUT2D eigenvalue weighted by Crippen LogP contribution is 2.38. The molecule has 0 saturated carbocycles. The van der Waals surface area contributed by atoms with E-state index in [0.717, 1.165) is 5.56 Å². The van der Waals surface area contributed by atoms with Crippen LogP contribution < -0.4 is 16.1 Å². The standard InChI is InChI=1S/C16H22N3O12P/c17-7-9-1-3-10(4-2-9)14(22)18-12(16(25)26)8-29-30-31-32(27,28)19-11(15(23)24)5-6-13(20)21/h1-4,11-12H,5-8,17H2,(H,18,22)(H,20,21)(H,23,24)(H,25,26)(H2,19,27,28)/t11-,12-/m0/s1. The van der Waals surface area contributed by atoms with Crippen molar-refractivity contribution in [3.05, 3.63) is 35.4 Å². The number of aliphatic carboxylic acids is 3. The minimum atomic E-state index is -4.95. The Morgan fingerprint density at radius 3 is 2.12 bits per heavy atom. The van der Waals surface area contributed by atoms with E-state index in [1.807, 2.05) is 0 Å². The summed E-state index contributed by atoms with van der Waals surface area (Å²) in [5, 5.41) is 34.4. The lowest BCUT2D eigenvalue weighted by molar-refractivity contribution is -0.470. The molecule has 0 aliphatic carbocycles. The Morgan fingerprint density at radius 2 is 1.62 bits per heavy atom. The number of nitrogens with one attached hydrogen (secondary N) is 2. The van der Waals surface area contributed by atoms with Crippen molar-refractivity contribution in [3.63, 3.8) is 0 Å². The SMILES string of the molecule is NCc1ccc(C(=O)N[C@@H](COOOP(=O)(O)N[C@@H](CCC(=O)O)C(=O)O)C(=O)O)cc1. The van der Waals surface area contributed by atoms with Crippen LogP contribution in [0.25, 0.3) is 0 Å². The van der Waals surface area contributed by atoms with E-state index in [1.165, 1.54) is 12.1 Å². The Hall–Kier alpha value is -2.91. The molecule has 0 aromatic heterocycles. The Bertz CT molecular complexity index is 862. The number of amides is 1. The van der Waals surface area contributed by atoms with Gasteiger partial charge in [0.2, 0.25) is 0 Å². The van der Waals surface area contributed by atoms with Gasteiger partial charge >= 0.3 is 25.7 Å². The Labute approximate surface area is 180 Å². The highest BCUT2D eigenvalue weighted by atomic mass is 31.2. The van der Waals surface area contributed by atoms with Gasteiger partial charge in [-0.1, -0.05) is 17.2 Å². The number of carbonyl (C=O) groups is 4. The van der Waals surface area contributed by atoms with Gasteiger partial charge in [0.1, 0.15) is 12.6 Å². The summed E-state index contributed by atoms with van der Waals surface area (Å²) in [4.78, 5) is 58.8. The number of benzene rings is 1. The van der Waals surface area contributed by atoms with Crippen LogP contribution >= 0.6 is 7.75 Å². The average Bonchev–Trinajstić information content (AvgIpc) is 2.72. The van der Waals surface area contributed by atoms with Crippen molar-refractivity contribution in [3.8, 4) is 0 Å². The summed E-state index contributed by atoms with van der Waals surface area (Å²) in [6.07, 6.45) is -1.16. The molecule has 1 rings (SSSR count). The topological polar surface area (TPSA) is 244 Å². The van der Waals surface area contributed by atoms with Crippen LogP contribution in [0.5, 0.6) is 0 Å². The second kappa shape index (κ2) is 12.8. The molecule has 0 saturated heterocycles. The number of carboxylic acids is 3. The van der Waals surface area contributed by atoms with Gasteiger partial charge in [0.15, 0.2) is 6.04 Å². The number of rotatable bonds is 15. The summed E-state index contributed by atoms with van der Waals surface area (Å²) in [6, 6.07) is 2.59. The zero-order chi connectivity index (χ0) is 24.3. The van der Waals surface area contributed by atoms with Crippen LogP contribution in [-0.2, 0) is 40.1 Å². The molecule has 178 valence electrons. The molecule has 0 aliphatic rings. The normalized spacial score (nSPS) is 14.7. The van der Waals surface area contributed by atoms with Crippen molar-refractivity contribution in [1.82, 2.24) is 10.4 Å². The maximum atomic E-state index is 12.1. The molecule has 16 heteroatoms. The smallest absolute Gasteiger partial charge is 0.433 e. The predicted octanol–water partition coefficient (Wildman–Crippen LogP) is -0.784. The van der Waals surface area contributed by atoms with Crippen LogP contribution in [0.2, 0.25) is 0 Å². The maximum Gasteiger partial charge on any atom is 0.433 e. The van der Waals surface area contributed by atoms with Gasteiger partial charge < -0.3 is 31.3 Å². The lowest BCUT2D eigenvalue weighted by atomic mass is 10.1. The summed E-state index contributed by atoms with van der Waals surface area (Å²) < 4.78 is 15.8. The number of nitrogens with two attached hydrogens (primary N) is 1. The molecule has 1 unspecified atom stereocenters. The van der Waals surface area contributed by atoms with Crippen LogP contribution in [0, 0.1) is 0 Å². The molecule has 1 aromatic rings. The summed E-state index contributed by atoms with van der Waals surface area (Å²) in [7, 11) is -4.95. The average molecular weight is 479 g/mol. The van der Waals surface area contributed by atoms with Crippen molar-refractivity contribution in [2.75, 3.05) is 6.61 Å². The highest BCUT2D eigenvalue weighted by molar-refractivity contribution is 7.50. The van der Waals surface area contributed by atoms with Gasteiger partial charge in [-0.15, -0.1) is 4.67 Å². The van der Waals surface area contributed by atoms with E-state index in [0.29, 0.717) is 0 Å². The number of hydrogen-bond acceptors (Lipinski definition) is 9. The van der Waals surface area contributed by atoms with Gasteiger partial charge in [0, 0.05) is 18.5 Å². The first kappa shape index (κ1) is 27.1. The predicted molar refractivity (Wildman–Crippen MR) is 103 cm³/mol. The lowest BCUT2D eigenvalue weighted by Gasteiger charge is -2.17. The molecule has 0 radical (unpaired) electrons. The summed E-state index contributed by atoms with van der Waals surface area (Å²) >= 11 is 0. The summed E-state index contributed by atoms with van der Waals surface area (Å²) in [5.74, 6) is -5.24. The molecule has 0 heterocycles. The third-order valence-corrected chi connectivity index (χ3v) is 4.63. The van der Waals surface area contributed by atoms with Crippen molar-refractivity contribution in [1.29, 1.82) is 0 Å². The third kappa shape index (κ3) is 9.93. The molecule has 0 spiro atoms. The molecule has 1 amide bonds. The van der Waals surface area contributed by atoms with E-state index in [4.69, 9.17) is 21.1 Å². The number of carboxylic acid groups (broad SMARTS) is 3. The molecule has 0 bridgehead atoms. The molecule has 0 fully saturated rings. The minimum absolute atomic E-state index is 0.135. The van der Waals surface area contributed by atoms with Gasteiger partial charge in [-0.3, -0.25) is 14.4 Å². The lowest BCUT2D eigenvalue weighted by Crippen LogP contribution is -2.44. The van der Waals surface area contributed by atoms with Gasteiger partial charge in [0.25, 0.3) is 5.91 Å². The largest absolute Gasteiger partial charge is 0.481 e. The Kier molecular flexibility index (Phi) is 10.9. The fraction of sp³-hybridized carbons (Fsp3) is 0.375.